The van der Waals surface area contributed by atoms with Gasteiger partial charge in [-0.15, -0.1) is 0 Å². The van der Waals surface area contributed by atoms with Gasteiger partial charge in [0, 0.05) is 19.0 Å². The Morgan fingerprint density at radius 3 is 2.87 bits per heavy atom. The predicted molar refractivity (Wildman–Crippen MR) is 54.0 cm³/mol. The summed E-state index contributed by atoms with van der Waals surface area (Å²) in [7, 11) is 1.42. The van der Waals surface area contributed by atoms with Crippen LogP contribution in [0.3, 0.4) is 0 Å². The zero-order valence-corrected chi connectivity index (χ0v) is 9.23. The van der Waals surface area contributed by atoms with Crippen molar-refractivity contribution in [3.8, 4) is 0 Å². The summed E-state index contributed by atoms with van der Waals surface area (Å²) in [6.45, 7) is 2.66. The number of likely N-dealkylation sites (tertiary alicyclic amines) is 1. The van der Waals surface area contributed by atoms with Crippen LogP contribution in [0.1, 0.15) is 26.2 Å². The van der Waals surface area contributed by atoms with Gasteiger partial charge in [-0.2, -0.15) is 0 Å². The van der Waals surface area contributed by atoms with Crippen molar-refractivity contribution < 1.29 is 14.3 Å². The first-order valence-corrected chi connectivity index (χ1v) is 5.54. The molecule has 4 heteroatoms. The number of hydrogen-bond acceptors (Lipinski definition) is 3. The summed E-state index contributed by atoms with van der Waals surface area (Å²) >= 11 is 0. The van der Waals surface area contributed by atoms with Crippen molar-refractivity contribution in [2.24, 2.45) is 11.8 Å². The van der Waals surface area contributed by atoms with E-state index in [1.807, 2.05) is 11.8 Å². The molecule has 0 spiro atoms. The smallest absolute Gasteiger partial charge is 0.310 e. The molecule has 1 aliphatic heterocycles. The van der Waals surface area contributed by atoms with E-state index in [0.717, 1.165) is 12.8 Å². The van der Waals surface area contributed by atoms with E-state index in [1.165, 1.54) is 7.11 Å². The van der Waals surface area contributed by atoms with Gasteiger partial charge in [-0.1, -0.05) is 0 Å². The van der Waals surface area contributed by atoms with Crippen LogP contribution in [0, 0.1) is 11.8 Å². The predicted octanol–water partition coefficient (Wildman–Crippen LogP) is 0.806. The summed E-state index contributed by atoms with van der Waals surface area (Å²) < 4.78 is 4.79. The van der Waals surface area contributed by atoms with Gasteiger partial charge < -0.3 is 9.64 Å². The molecule has 2 fully saturated rings. The van der Waals surface area contributed by atoms with Crippen LogP contribution in [-0.4, -0.2) is 36.5 Å². The van der Waals surface area contributed by atoms with Crippen LogP contribution in [0.5, 0.6) is 0 Å². The Hall–Kier alpha value is -1.06. The zero-order chi connectivity index (χ0) is 11.0. The van der Waals surface area contributed by atoms with Gasteiger partial charge in [-0.25, -0.2) is 0 Å². The molecule has 15 heavy (non-hydrogen) atoms. The first-order chi connectivity index (χ1) is 7.17. The first-order valence-electron chi connectivity index (χ1n) is 5.54. The highest BCUT2D eigenvalue weighted by Crippen LogP contribution is 2.41. The molecule has 0 radical (unpaired) electrons. The van der Waals surface area contributed by atoms with Crippen molar-refractivity contribution in [3.05, 3.63) is 0 Å². The van der Waals surface area contributed by atoms with Crippen molar-refractivity contribution in [3.63, 3.8) is 0 Å². The molecule has 1 heterocycles. The van der Waals surface area contributed by atoms with Gasteiger partial charge in [-0.3, -0.25) is 9.59 Å². The number of piperidine rings is 1. The van der Waals surface area contributed by atoms with Crippen LogP contribution in [0.25, 0.3) is 0 Å². The molecular weight excluding hydrogens is 194 g/mol. The molecule has 84 valence electrons. The Balaban J connectivity index is 2.18. The second kappa shape index (κ2) is 3.83. The third-order valence-electron chi connectivity index (χ3n) is 3.66. The van der Waals surface area contributed by atoms with Crippen molar-refractivity contribution in [2.45, 2.75) is 32.2 Å². The van der Waals surface area contributed by atoms with Crippen molar-refractivity contribution in [1.29, 1.82) is 0 Å². The number of hydrogen-bond donors (Lipinski definition) is 0. The molecule has 0 aromatic rings. The number of carbonyl (C=O) groups excluding carboxylic acids is 2. The number of fused-ring (bicyclic) bond motifs is 2. The number of rotatable bonds is 2. The van der Waals surface area contributed by atoms with E-state index in [9.17, 15) is 9.59 Å². The molecule has 3 atom stereocenters. The highest BCUT2D eigenvalue weighted by atomic mass is 16.5. The first kappa shape index (κ1) is 10.5. The lowest BCUT2D eigenvalue weighted by molar-refractivity contribution is -0.148. The number of carbonyl (C=O) groups is 2. The Kier molecular flexibility index (Phi) is 2.67. The highest BCUT2D eigenvalue weighted by molar-refractivity contribution is 5.81. The van der Waals surface area contributed by atoms with Gasteiger partial charge >= 0.3 is 5.97 Å². The van der Waals surface area contributed by atoms with Crippen LogP contribution < -0.4 is 0 Å². The van der Waals surface area contributed by atoms with Gasteiger partial charge in [0.2, 0.25) is 5.91 Å². The lowest BCUT2D eigenvalue weighted by Crippen LogP contribution is -2.46. The van der Waals surface area contributed by atoms with Gasteiger partial charge in [0.25, 0.3) is 0 Å². The average molecular weight is 211 g/mol. The maximum absolute atomic E-state index is 11.7. The van der Waals surface area contributed by atoms with Crippen LogP contribution in [0.2, 0.25) is 0 Å². The molecule has 1 saturated heterocycles. The molecule has 4 nitrogen and oxygen atoms in total. The van der Waals surface area contributed by atoms with E-state index in [0.29, 0.717) is 18.9 Å². The number of amides is 1. The van der Waals surface area contributed by atoms with E-state index in [-0.39, 0.29) is 23.8 Å². The molecule has 1 amide bonds. The van der Waals surface area contributed by atoms with Crippen LogP contribution in [0.4, 0.5) is 0 Å². The highest BCUT2D eigenvalue weighted by Gasteiger charge is 2.47. The summed E-state index contributed by atoms with van der Waals surface area (Å²) in [4.78, 5) is 25.1. The number of nitrogens with zero attached hydrogens (tertiary/aromatic N) is 1. The van der Waals surface area contributed by atoms with E-state index in [4.69, 9.17) is 4.74 Å². The number of ether oxygens (including phenoxy) is 1. The van der Waals surface area contributed by atoms with E-state index < -0.39 is 0 Å². The Morgan fingerprint density at radius 1 is 1.53 bits per heavy atom. The zero-order valence-electron chi connectivity index (χ0n) is 9.23. The van der Waals surface area contributed by atoms with Crippen LogP contribution in [0.15, 0.2) is 0 Å². The topological polar surface area (TPSA) is 46.6 Å². The van der Waals surface area contributed by atoms with Crippen molar-refractivity contribution in [1.82, 2.24) is 4.90 Å². The van der Waals surface area contributed by atoms with Gasteiger partial charge in [0.1, 0.15) is 0 Å². The van der Waals surface area contributed by atoms with Crippen LogP contribution >= 0.6 is 0 Å². The minimum atomic E-state index is -0.157. The van der Waals surface area contributed by atoms with Gasteiger partial charge in [-0.05, 0) is 25.7 Å². The number of esters is 1. The standard InChI is InChI=1S/C11H17NO3/c1-3-12-9-5-7(6-10(12)13)4-8(9)11(14)15-2/h7-9H,3-6H2,1-2H3. The van der Waals surface area contributed by atoms with E-state index >= 15 is 0 Å². The largest absolute Gasteiger partial charge is 0.469 e. The molecular formula is C11H17NO3. The molecule has 3 unspecified atom stereocenters. The second-order valence-corrected chi connectivity index (χ2v) is 4.42. The maximum atomic E-state index is 11.7. The van der Waals surface area contributed by atoms with E-state index in [1.54, 1.807) is 0 Å². The van der Waals surface area contributed by atoms with Crippen molar-refractivity contribution in [2.75, 3.05) is 13.7 Å². The minimum Gasteiger partial charge on any atom is -0.469 e. The molecule has 1 aliphatic carbocycles. The average Bonchev–Trinajstić information content (AvgIpc) is 2.56. The second-order valence-electron chi connectivity index (χ2n) is 4.42. The lowest BCUT2D eigenvalue weighted by atomic mass is 9.98. The van der Waals surface area contributed by atoms with Gasteiger partial charge in [0.15, 0.2) is 0 Å². The molecule has 1 saturated carbocycles. The maximum Gasteiger partial charge on any atom is 0.310 e. The Bertz CT molecular complexity index is 290. The van der Waals surface area contributed by atoms with Crippen LogP contribution in [-0.2, 0) is 14.3 Å². The minimum absolute atomic E-state index is 0.0913. The molecule has 0 aromatic carbocycles. The third-order valence-corrected chi connectivity index (χ3v) is 3.66. The fourth-order valence-corrected chi connectivity index (χ4v) is 2.99. The summed E-state index contributed by atoms with van der Waals surface area (Å²) in [5.74, 6) is 0.349. The molecule has 2 rings (SSSR count). The van der Waals surface area contributed by atoms with E-state index in [2.05, 4.69) is 0 Å². The lowest BCUT2D eigenvalue weighted by Gasteiger charge is -2.33. The molecule has 0 N–H and O–H groups in total. The summed E-state index contributed by atoms with van der Waals surface area (Å²) in [5.41, 5.74) is 0. The number of methoxy groups -OCH3 is 1. The summed E-state index contributed by atoms with van der Waals surface area (Å²) in [6, 6.07) is 0.0914. The quantitative estimate of drug-likeness (QED) is 0.635. The fraction of sp³-hybridized carbons (Fsp3) is 0.818. The third kappa shape index (κ3) is 1.62. The molecule has 0 aromatic heterocycles. The monoisotopic (exact) mass is 211 g/mol. The fourth-order valence-electron chi connectivity index (χ4n) is 2.99. The van der Waals surface area contributed by atoms with Crippen molar-refractivity contribution >= 4 is 11.9 Å². The Morgan fingerprint density at radius 2 is 2.27 bits per heavy atom. The molecule has 2 bridgehead atoms. The normalized spacial score (nSPS) is 34.4. The SMILES string of the molecule is CCN1C(=O)CC2CC(C(=O)OC)C1C2. The summed E-state index contributed by atoms with van der Waals surface area (Å²) in [5, 5.41) is 0. The Labute approximate surface area is 89.6 Å². The molecule has 2 aliphatic rings. The summed E-state index contributed by atoms with van der Waals surface area (Å²) in [6.07, 6.45) is 2.40. The van der Waals surface area contributed by atoms with Gasteiger partial charge in [0.05, 0.1) is 13.0 Å².